The van der Waals surface area contributed by atoms with E-state index in [0.29, 0.717) is 19.7 Å². The van der Waals surface area contributed by atoms with E-state index in [9.17, 15) is 8.42 Å². The molecule has 112 valence electrons. The Morgan fingerprint density at radius 1 is 1.30 bits per heavy atom. The van der Waals surface area contributed by atoms with Crippen LogP contribution in [0.2, 0.25) is 0 Å². The highest BCUT2D eigenvalue weighted by Crippen LogP contribution is 2.29. The van der Waals surface area contributed by atoms with E-state index in [1.807, 2.05) is 4.57 Å². The Morgan fingerprint density at radius 2 is 2.05 bits per heavy atom. The molecule has 2 aliphatic rings. The SMILES string of the molecule is CS(=O)(=O)N1Cc2cncn2CC(COCC2CC2)C1. The predicted molar refractivity (Wildman–Crippen MR) is 74.5 cm³/mol. The fraction of sp³-hybridized carbons (Fsp3) is 0.769. The largest absolute Gasteiger partial charge is 0.381 e. The lowest BCUT2D eigenvalue weighted by molar-refractivity contribution is 0.0808. The van der Waals surface area contributed by atoms with E-state index in [0.717, 1.165) is 24.8 Å². The van der Waals surface area contributed by atoms with Gasteiger partial charge in [-0.25, -0.2) is 13.4 Å². The van der Waals surface area contributed by atoms with Gasteiger partial charge in [0, 0.05) is 31.8 Å². The molecule has 6 nitrogen and oxygen atoms in total. The summed E-state index contributed by atoms with van der Waals surface area (Å²) in [4.78, 5) is 4.12. The molecule has 1 unspecified atom stereocenters. The van der Waals surface area contributed by atoms with E-state index in [-0.39, 0.29) is 5.92 Å². The Kier molecular flexibility index (Phi) is 3.83. The number of imidazole rings is 1. The van der Waals surface area contributed by atoms with Crippen LogP contribution in [0.1, 0.15) is 18.5 Å². The fourth-order valence-corrected chi connectivity index (χ4v) is 3.41. The van der Waals surface area contributed by atoms with Gasteiger partial charge >= 0.3 is 0 Å². The first kappa shape index (κ1) is 14.0. The number of hydrogen-bond acceptors (Lipinski definition) is 4. The number of hydrogen-bond donors (Lipinski definition) is 0. The topological polar surface area (TPSA) is 64.4 Å². The van der Waals surface area contributed by atoms with Crippen LogP contribution < -0.4 is 0 Å². The molecule has 3 rings (SSSR count). The molecule has 1 aliphatic carbocycles. The number of sulfonamides is 1. The van der Waals surface area contributed by atoms with Crippen LogP contribution in [0.4, 0.5) is 0 Å². The third-order valence-corrected chi connectivity index (χ3v) is 5.14. The number of rotatable bonds is 5. The summed E-state index contributed by atoms with van der Waals surface area (Å²) >= 11 is 0. The summed E-state index contributed by atoms with van der Waals surface area (Å²) in [5.74, 6) is 0.912. The molecule has 0 saturated heterocycles. The highest BCUT2D eigenvalue weighted by molar-refractivity contribution is 7.88. The standard InChI is InChI=1S/C13H21N3O3S/c1-20(17,18)16-6-12(9-19-8-11-2-3-11)5-15-10-14-4-13(15)7-16/h4,10-12H,2-3,5-9H2,1H3. The lowest BCUT2D eigenvalue weighted by Gasteiger charge is -2.21. The zero-order valence-corrected chi connectivity index (χ0v) is 12.6. The van der Waals surface area contributed by atoms with Gasteiger partial charge in [0.05, 0.1) is 31.4 Å². The predicted octanol–water partition coefficient (Wildman–Crippen LogP) is 0.701. The van der Waals surface area contributed by atoms with Crippen molar-refractivity contribution in [2.24, 2.45) is 11.8 Å². The molecule has 1 aromatic rings. The summed E-state index contributed by atoms with van der Waals surface area (Å²) in [5, 5.41) is 0. The Balaban J connectivity index is 1.69. The zero-order valence-electron chi connectivity index (χ0n) is 11.7. The van der Waals surface area contributed by atoms with Crippen LogP contribution in [-0.2, 0) is 27.8 Å². The first-order valence-corrected chi connectivity index (χ1v) is 8.89. The fourth-order valence-electron chi connectivity index (χ4n) is 2.56. The van der Waals surface area contributed by atoms with Crippen LogP contribution in [0.15, 0.2) is 12.5 Å². The molecule has 0 radical (unpaired) electrons. The second kappa shape index (κ2) is 5.46. The van der Waals surface area contributed by atoms with Crippen molar-refractivity contribution < 1.29 is 13.2 Å². The molecule has 1 saturated carbocycles. The first-order chi connectivity index (χ1) is 9.52. The number of ether oxygens (including phenoxy) is 1. The molecule has 1 aromatic heterocycles. The molecule has 0 N–H and O–H groups in total. The van der Waals surface area contributed by atoms with Crippen molar-refractivity contribution in [3.8, 4) is 0 Å². The maximum absolute atomic E-state index is 11.9. The van der Waals surface area contributed by atoms with Gasteiger partial charge in [0.2, 0.25) is 10.0 Å². The van der Waals surface area contributed by atoms with Crippen LogP contribution in [0, 0.1) is 11.8 Å². The van der Waals surface area contributed by atoms with Crippen LogP contribution >= 0.6 is 0 Å². The molecule has 1 fully saturated rings. The van der Waals surface area contributed by atoms with Gasteiger partial charge in [0.25, 0.3) is 0 Å². The summed E-state index contributed by atoms with van der Waals surface area (Å²) in [6, 6.07) is 0. The lowest BCUT2D eigenvalue weighted by Crippen LogP contribution is -2.34. The Labute approximate surface area is 119 Å². The maximum Gasteiger partial charge on any atom is 0.211 e. The third-order valence-electron chi connectivity index (χ3n) is 3.93. The van der Waals surface area contributed by atoms with Gasteiger partial charge in [0.1, 0.15) is 0 Å². The van der Waals surface area contributed by atoms with Crippen molar-refractivity contribution in [2.75, 3.05) is 26.0 Å². The molecule has 20 heavy (non-hydrogen) atoms. The molecule has 1 atom stereocenters. The quantitative estimate of drug-likeness (QED) is 0.803. The van der Waals surface area contributed by atoms with Crippen molar-refractivity contribution >= 4 is 10.0 Å². The van der Waals surface area contributed by atoms with Crippen molar-refractivity contribution in [1.29, 1.82) is 0 Å². The van der Waals surface area contributed by atoms with E-state index < -0.39 is 10.0 Å². The van der Waals surface area contributed by atoms with Gasteiger partial charge in [-0.3, -0.25) is 0 Å². The summed E-state index contributed by atoms with van der Waals surface area (Å²) < 4.78 is 33.0. The van der Waals surface area contributed by atoms with E-state index in [4.69, 9.17) is 4.74 Å². The highest BCUT2D eigenvalue weighted by Gasteiger charge is 2.28. The number of aromatic nitrogens is 2. The molecule has 7 heteroatoms. The second-order valence-corrected chi connectivity index (χ2v) is 7.92. The van der Waals surface area contributed by atoms with Crippen LogP contribution in [0.5, 0.6) is 0 Å². The molecule has 0 bridgehead atoms. The van der Waals surface area contributed by atoms with Gasteiger partial charge in [-0.15, -0.1) is 0 Å². The van der Waals surface area contributed by atoms with Gasteiger partial charge in [0.15, 0.2) is 0 Å². The van der Waals surface area contributed by atoms with Crippen LogP contribution in [0.25, 0.3) is 0 Å². The highest BCUT2D eigenvalue weighted by atomic mass is 32.2. The van der Waals surface area contributed by atoms with Crippen molar-refractivity contribution in [1.82, 2.24) is 13.9 Å². The molecule has 1 aliphatic heterocycles. The minimum absolute atomic E-state index is 0.180. The molecule has 0 amide bonds. The molecular formula is C13H21N3O3S. The molecular weight excluding hydrogens is 278 g/mol. The summed E-state index contributed by atoms with van der Waals surface area (Å²) in [7, 11) is -3.20. The Morgan fingerprint density at radius 3 is 2.75 bits per heavy atom. The van der Waals surface area contributed by atoms with Crippen molar-refractivity contribution in [3.63, 3.8) is 0 Å². The van der Waals surface area contributed by atoms with Gasteiger partial charge in [-0.2, -0.15) is 4.31 Å². The Hall–Kier alpha value is -0.920. The third kappa shape index (κ3) is 3.39. The lowest BCUT2D eigenvalue weighted by atomic mass is 10.1. The van der Waals surface area contributed by atoms with Crippen LogP contribution in [-0.4, -0.2) is 48.3 Å². The summed E-state index contributed by atoms with van der Waals surface area (Å²) in [6.45, 7) is 3.11. The number of nitrogens with zero attached hydrogens (tertiary/aromatic N) is 3. The van der Waals surface area contributed by atoms with Crippen LogP contribution in [0.3, 0.4) is 0 Å². The average Bonchev–Trinajstić information content (AvgIpc) is 3.12. The molecule has 0 aromatic carbocycles. The smallest absolute Gasteiger partial charge is 0.211 e. The summed E-state index contributed by atoms with van der Waals surface area (Å²) in [6.07, 6.45) is 7.32. The van der Waals surface area contributed by atoms with Gasteiger partial charge in [-0.05, 0) is 18.8 Å². The van der Waals surface area contributed by atoms with E-state index in [2.05, 4.69) is 4.98 Å². The minimum atomic E-state index is -3.20. The monoisotopic (exact) mass is 299 g/mol. The normalized spacial score (nSPS) is 24.4. The second-order valence-electron chi connectivity index (χ2n) is 5.94. The minimum Gasteiger partial charge on any atom is -0.381 e. The van der Waals surface area contributed by atoms with E-state index >= 15 is 0 Å². The molecule has 0 spiro atoms. The van der Waals surface area contributed by atoms with Crippen molar-refractivity contribution in [3.05, 3.63) is 18.2 Å². The van der Waals surface area contributed by atoms with E-state index in [1.165, 1.54) is 23.4 Å². The van der Waals surface area contributed by atoms with Gasteiger partial charge in [-0.1, -0.05) is 0 Å². The first-order valence-electron chi connectivity index (χ1n) is 7.04. The van der Waals surface area contributed by atoms with Crippen molar-refractivity contribution in [2.45, 2.75) is 25.9 Å². The molecule has 2 heterocycles. The van der Waals surface area contributed by atoms with Gasteiger partial charge < -0.3 is 9.30 Å². The summed E-state index contributed by atoms with van der Waals surface area (Å²) in [5.41, 5.74) is 0.945. The zero-order chi connectivity index (χ0) is 14.2. The maximum atomic E-state index is 11.9. The average molecular weight is 299 g/mol. The number of fused-ring (bicyclic) bond motifs is 1. The van der Waals surface area contributed by atoms with E-state index in [1.54, 1.807) is 12.5 Å². The Bertz CT molecular complexity index is 565.